The Morgan fingerprint density at radius 3 is 2.35 bits per heavy atom. The standard InChI is InChI=1S/C17H20BrNO3S/c1-12-9-13(2)17(14(3)10-12)23(20,21)19-7-8-22-16-6-4-5-15(18)11-16/h4-6,9-11,19H,7-8H2,1-3H3. The van der Waals surface area contributed by atoms with Crippen molar-refractivity contribution in [2.24, 2.45) is 0 Å². The molecule has 0 aliphatic carbocycles. The van der Waals surface area contributed by atoms with E-state index >= 15 is 0 Å². The van der Waals surface area contributed by atoms with Crippen molar-refractivity contribution in [1.82, 2.24) is 4.72 Å². The van der Waals surface area contributed by atoms with Gasteiger partial charge in [0, 0.05) is 11.0 Å². The number of rotatable bonds is 6. The van der Waals surface area contributed by atoms with Gasteiger partial charge in [-0.15, -0.1) is 0 Å². The minimum Gasteiger partial charge on any atom is -0.492 e. The zero-order valence-electron chi connectivity index (χ0n) is 13.4. The van der Waals surface area contributed by atoms with Crippen LogP contribution < -0.4 is 9.46 Å². The average Bonchev–Trinajstić information content (AvgIpc) is 2.42. The molecule has 0 unspecified atom stereocenters. The number of hydrogen-bond donors (Lipinski definition) is 1. The minimum absolute atomic E-state index is 0.210. The molecule has 0 heterocycles. The summed E-state index contributed by atoms with van der Waals surface area (Å²) in [5, 5.41) is 0. The van der Waals surface area contributed by atoms with Crippen LogP contribution in [0.25, 0.3) is 0 Å². The Morgan fingerprint density at radius 2 is 1.74 bits per heavy atom. The van der Waals surface area contributed by atoms with Crippen molar-refractivity contribution in [1.29, 1.82) is 0 Å². The number of sulfonamides is 1. The molecule has 0 aromatic heterocycles. The lowest BCUT2D eigenvalue weighted by molar-refractivity contribution is 0.322. The zero-order valence-corrected chi connectivity index (χ0v) is 15.8. The monoisotopic (exact) mass is 397 g/mol. The number of hydrogen-bond acceptors (Lipinski definition) is 3. The van der Waals surface area contributed by atoms with Crippen LogP contribution in [0, 0.1) is 20.8 Å². The second-order valence-electron chi connectivity index (χ2n) is 5.43. The summed E-state index contributed by atoms with van der Waals surface area (Å²) in [6.07, 6.45) is 0. The van der Waals surface area contributed by atoms with Crippen LogP contribution in [-0.2, 0) is 10.0 Å². The van der Waals surface area contributed by atoms with E-state index in [1.54, 1.807) is 0 Å². The van der Waals surface area contributed by atoms with Gasteiger partial charge in [0.05, 0.1) is 4.90 Å². The van der Waals surface area contributed by atoms with Gasteiger partial charge >= 0.3 is 0 Å². The van der Waals surface area contributed by atoms with Gasteiger partial charge in [-0.05, 0) is 50.1 Å². The fourth-order valence-corrected chi connectivity index (χ4v) is 4.40. The summed E-state index contributed by atoms with van der Waals surface area (Å²) in [6.45, 7) is 6.05. The number of nitrogens with one attached hydrogen (secondary N) is 1. The highest BCUT2D eigenvalue weighted by Gasteiger charge is 2.19. The van der Waals surface area contributed by atoms with Crippen molar-refractivity contribution in [3.63, 3.8) is 0 Å². The van der Waals surface area contributed by atoms with Crippen molar-refractivity contribution in [3.05, 3.63) is 57.6 Å². The molecule has 2 aromatic rings. The van der Waals surface area contributed by atoms with E-state index < -0.39 is 10.0 Å². The fourth-order valence-electron chi connectivity index (χ4n) is 2.56. The summed E-state index contributed by atoms with van der Waals surface area (Å²) in [5.41, 5.74) is 2.56. The van der Waals surface area contributed by atoms with E-state index in [-0.39, 0.29) is 13.2 Å². The van der Waals surface area contributed by atoms with Crippen LogP contribution in [0.5, 0.6) is 5.75 Å². The summed E-state index contributed by atoms with van der Waals surface area (Å²) in [4.78, 5) is 0.352. The third-order valence-electron chi connectivity index (χ3n) is 3.33. The van der Waals surface area contributed by atoms with Gasteiger partial charge in [0.25, 0.3) is 0 Å². The zero-order chi connectivity index (χ0) is 17.0. The third kappa shape index (κ3) is 4.80. The second kappa shape index (κ2) is 7.47. The molecular formula is C17H20BrNO3S. The number of aryl methyl sites for hydroxylation is 3. The molecule has 0 radical (unpaired) electrons. The topological polar surface area (TPSA) is 55.4 Å². The van der Waals surface area contributed by atoms with Gasteiger partial charge < -0.3 is 4.74 Å². The Bertz CT molecular complexity index is 780. The molecule has 0 aliphatic heterocycles. The predicted molar refractivity (Wildman–Crippen MR) is 95.5 cm³/mol. The Kier molecular flexibility index (Phi) is 5.84. The van der Waals surface area contributed by atoms with Crippen LogP contribution >= 0.6 is 15.9 Å². The molecule has 23 heavy (non-hydrogen) atoms. The largest absolute Gasteiger partial charge is 0.492 e. The van der Waals surface area contributed by atoms with E-state index in [2.05, 4.69) is 20.7 Å². The van der Waals surface area contributed by atoms with Crippen LogP contribution in [0.2, 0.25) is 0 Å². The molecule has 0 amide bonds. The Labute approximate surface area is 146 Å². The van der Waals surface area contributed by atoms with Crippen LogP contribution in [0.15, 0.2) is 45.8 Å². The van der Waals surface area contributed by atoms with E-state index in [1.165, 1.54) is 0 Å². The lowest BCUT2D eigenvalue weighted by atomic mass is 10.1. The molecule has 0 saturated heterocycles. The van der Waals surface area contributed by atoms with Gasteiger partial charge in [-0.2, -0.15) is 0 Å². The number of halogens is 1. The Balaban J connectivity index is 2.00. The molecule has 6 heteroatoms. The normalized spacial score (nSPS) is 11.5. The Hall–Kier alpha value is -1.37. The average molecular weight is 398 g/mol. The molecule has 2 rings (SSSR count). The highest BCUT2D eigenvalue weighted by molar-refractivity contribution is 9.10. The minimum atomic E-state index is -3.54. The summed E-state index contributed by atoms with van der Waals surface area (Å²) < 4.78 is 34.0. The van der Waals surface area contributed by atoms with Crippen LogP contribution in [0.3, 0.4) is 0 Å². The smallest absolute Gasteiger partial charge is 0.241 e. The first kappa shape index (κ1) is 18.0. The SMILES string of the molecule is Cc1cc(C)c(S(=O)(=O)NCCOc2cccc(Br)c2)c(C)c1. The number of ether oxygens (including phenoxy) is 1. The molecule has 2 aromatic carbocycles. The van der Waals surface area contributed by atoms with Gasteiger partial charge in [0.2, 0.25) is 10.0 Å². The lowest BCUT2D eigenvalue weighted by Crippen LogP contribution is -2.29. The maximum Gasteiger partial charge on any atom is 0.241 e. The molecule has 4 nitrogen and oxygen atoms in total. The first-order valence-electron chi connectivity index (χ1n) is 7.25. The van der Waals surface area contributed by atoms with E-state index in [0.29, 0.717) is 10.6 Å². The van der Waals surface area contributed by atoms with Gasteiger partial charge in [0.15, 0.2) is 0 Å². The molecule has 0 bridgehead atoms. The van der Waals surface area contributed by atoms with Gasteiger partial charge in [-0.3, -0.25) is 0 Å². The molecule has 124 valence electrons. The predicted octanol–water partition coefficient (Wildman–Crippen LogP) is 3.73. The molecular weight excluding hydrogens is 378 g/mol. The van der Waals surface area contributed by atoms with Crippen molar-refractivity contribution in [2.45, 2.75) is 25.7 Å². The Morgan fingerprint density at radius 1 is 1.09 bits per heavy atom. The number of benzene rings is 2. The fraction of sp³-hybridized carbons (Fsp3) is 0.294. The quantitative estimate of drug-likeness (QED) is 0.755. The van der Waals surface area contributed by atoms with E-state index in [0.717, 1.165) is 21.2 Å². The van der Waals surface area contributed by atoms with Crippen LogP contribution in [0.1, 0.15) is 16.7 Å². The van der Waals surface area contributed by atoms with Crippen LogP contribution in [-0.4, -0.2) is 21.6 Å². The summed E-state index contributed by atoms with van der Waals surface area (Å²) in [5.74, 6) is 0.696. The van der Waals surface area contributed by atoms with Crippen molar-refractivity contribution >= 4 is 26.0 Å². The first-order chi connectivity index (χ1) is 10.8. The lowest BCUT2D eigenvalue weighted by Gasteiger charge is -2.13. The molecule has 0 spiro atoms. The van der Waals surface area contributed by atoms with Crippen molar-refractivity contribution in [3.8, 4) is 5.75 Å². The van der Waals surface area contributed by atoms with Gasteiger partial charge in [-0.25, -0.2) is 13.1 Å². The maximum atomic E-state index is 12.5. The molecule has 1 N–H and O–H groups in total. The van der Waals surface area contributed by atoms with Crippen molar-refractivity contribution < 1.29 is 13.2 Å². The highest BCUT2D eigenvalue weighted by Crippen LogP contribution is 2.21. The molecule has 0 saturated carbocycles. The van der Waals surface area contributed by atoms with E-state index in [1.807, 2.05) is 57.2 Å². The summed E-state index contributed by atoms with van der Waals surface area (Å²) in [6, 6.07) is 11.2. The summed E-state index contributed by atoms with van der Waals surface area (Å²) in [7, 11) is -3.54. The third-order valence-corrected chi connectivity index (χ3v) is 5.59. The van der Waals surface area contributed by atoms with E-state index in [4.69, 9.17) is 4.74 Å². The summed E-state index contributed by atoms with van der Waals surface area (Å²) >= 11 is 3.36. The second-order valence-corrected chi connectivity index (χ2v) is 8.05. The molecule has 0 atom stereocenters. The molecule has 0 fully saturated rings. The van der Waals surface area contributed by atoms with Gasteiger partial charge in [-0.1, -0.05) is 39.7 Å². The van der Waals surface area contributed by atoms with Gasteiger partial charge in [0.1, 0.15) is 12.4 Å². The first-order valence-corrected chi connectivity index (χ1v) is 9.53. The maximum absolute atomic E-state index is 12.5. The van der Waals surface area contributed by atoms with Crippen LogP contribution in [0.4, 0.5) is 0 Å². The van der Waals surface area contributed by atoms with Crippen molar-refractivity contribution in [2.75, 3.05) is 13.2 Å². The van der Waals surface area contributed by atoms with E-state index in [9.17, 15) is 8.42 Å². The molecule has 0 aliphatic rings. The highest BCUT2D eigenvalue weighted by atomic mass is 79.9.